The number of nitrogens with zero attached hydrogens (tertiary/aromatic N) is 1. The van der Waals surface area contributed by atoms with Crippen molar-refractivity contribution >= 4 is 17.8 Å². The van der Waals surface area contributed by atoms with E-state index in [-0.39, 0.29) is 42.7 Å². The first-order valence-corrected chi connectivity index (χ1v) is 7.39. The van der Waals surface area contributed by atoms with Crippen molar-refractivity contribution in [3.8, 4) is 0 Å². The monoisotopic (exact) mass is 297 g/mol. The predicted octanol–water partition coefficient (Wildman–Crippen LogP) is 1.62. The number of ether oxygens (including phenoxy) is 2. The van der Waals surface area contributed by atoms with Gasteiger partial charge in [0.2, 0.25) is 0 Å². The average Bonchev–Trinajstić information content (AvgIpc) is 2.82. The van der Waals surface area contributed by atoms with Crippen LogP contribution in [0, 0.1) is 17.8 Å². The number of amides is 1. The second-order valence-electron chi connectivity index (χ2n) is 6.69. The van der Waals surface area contributed by atoms with E-state index in [0.29, 0.717) is 13.1 Å². The largest absolute Gasteiger partial charge is 0.466 e. The Labute approximate surface area is 124 Å². The molecule has 0 bridgehead atoms. The fraction of sp³-hybridized carbons (Fsp3) is 0.800. The Balaban J connectivity index is 1.78. The van der Waals surface area contributed by atoms with E-state index >= 15 is 0 Å². The third kappa shape index (κ3) is 3.74. The predicted molar refractivity (Wildman–Crippen MR) is 74.5 cm³/mol. The molecule has 1 amide bonds. The van der Waals surface area contributed by atoms with E-state index in [4.69, 9.17) is 9.47 Å². The Morgan fingerprint density at radius 2 is 1.71 bits per heavy atom. The number of fused-ring (bicyclic) bond motifs is 1. The summed E-state index contributed by atoms with van der Waals surface area (Å²) < 4.78 is 10.1. The van der Waals surface area contributed by atoms with Crippen molar-refractivity contribution in [3.05, 3.63) is 0 Å². The smallest absolute Gasteiger partial charge is 0.410 e. The maximum absolute atomic E-state index is 12.0. The van der Waals surface area contributed by atoms with Gasteiger partial charge in [-0.1, -0.05) is 0 Å². The molecular formula is C15H23NO5. The topological polar surface area (TPSA) is 72.9 Å². The SMILES string of the molecule is CCOC(=O)CC(=O)[C@H]1[C@@H]2CN(C(=O)OC(C)(C)C)C[C@@H]21. The van der Waals surface area contributed by atoms with Crippen LogP contribution >= 0.6 is 0 Å². The van der Waals surface area contributed by atoms with Crippen molar-refractivity contribution in [1.29, 1.82) is 0 Å². The summed E-state index contributed by atoms with van der Waals surface area (Å²) in [5.41, 5.74) is -0.511. The van der Waals surface area contributed by atoms with E-state index in [2.05, 4.69) is 0 Å². The number of ketones is 1. The number of likely N-dealkylation sites (tertiary alicyclic amines) is 1. The van der Waals surface area contributed by atoms with Crippen LogP contribution in [-0.4, -0.2) is 48.0 Å². The second-order valence-corrected chi connectivity index (χ2v) is 6.69. The van der Waals surface area contributed by atoms with Crippen LogP contribution in [0.5, 0.6) is 0 Å². The van der Waals surface area contributed by atoms with Gasteiger partial charge in [0, 0.05) is 19.0 Å². The minimum atomic E-state index is -0.511. The summed E-state index contributed by atoms with van der Waals surface area (Å²) >= 11 is 0. The van der Waals surface area contributed by atoms with Crippen LogP contribution in [0.1, 0.15) is 34.1 Å². The molecule has 3 atom stereocenters. The van der Waals surface area contributed by atoms with Gasteiger partial charge in [-0.3, -0.25) is 9.59 Å². The number of esters is 1. The Hall–Kier alpha value is -1.59. The normalized spacial score (nSPS) is 27.0. The van der Waals surface area contributed by atoms with Gasteiger partial charge in [-0.2, -0.15) is 0 Å². The van der Waals surface area contributed by atoms with Gasteiger partial charge in [-0.15, -0.1) is 0 Å². The Morgan fingerprint density at radius 1 is 1.14 bits per heavy atom. The number of carbonyl (C=O) groups is 3. The molecule has 0 aromatic carbocycles. The van der Waals surface area contributed by atoms with E-state index in [0.717, 1.165) is 0 Å². The molecule has 21 heavy (non-hydrogen) atoms. The van der Waals surface area contributed by atoms with E-state index < -0.39 is 11.6 Å². The first-order valence-electron chi connectivity index (χ1n) is 7.39. The first kappa shape index (κ1) is 15.8. The van der Waals surface area contributed by atoms with Gasteiger partial charge in [-0.25, -0.2) is 4.79 Å². The summed E-state index contributed by atoms with van der Waals surface area (Å²) in [5, 5.41) is 0. The summed E-state index contributed by atoms with van der Waals surface area (Å²) in [5.74, 6) is -0.254. The molecule has 6 heteroatoms. The summed E-state index contributed by atoms with van der Waals surface area (Å²) in [6.07, 6.45) is -0.482. The number of carbonyl (C=O) groups excluding carboxylic acids is 3. The van der Waals surface area contributed by atoms with Gasteiger partial charge in [-0.05, 0) is 39.5 Å². The van der Waals surface area contributed by atoms with Gasteiger partial charge >= 0.3 is 12.1 Å². The highest BCUT2D eigenvalue weighted by Gasteiger charge is 2.60. The van der Waals surface area contributed by atoms with Gasteiger partial charge in [0.05, 0.1) is 6.61 Å². The van der Waals surface area contributed by atoms with Gasteiger partial charge in [0.1, 0.15) is 17.8 Å². The lowest BCUT2D eigenvalue weighted by Gasteiger charge is -2.25. The van der Waals surface area contributed by atoms with Crippen LogP contribution in [0.3, 0.4) is 0 Å². The summed E-state index contributed by atoms with van der Waals surface area (Å²) in [6.45, 7) is 8.56. The lowest BCUT2D eigenvalue weighted by atomic mass is 10.1. The molecule has 2 rings (SSSR count). The summed E-state index contributed by atoms with van der Waals surface area (Å²) in [4.78, 5) is 36.8. The van der Waals surface area contributed by atoms with E-state index in [9.17, 15) is 14.4 Å². The van der Waals surface area contributed by atoms with Crippen LogP contribution < -0.4 is 0 Å². The Bertz CT molecular complexity index is 441. The fourth-order valence-corrected chi connectivity index (χ4v) is 2.95. The van der Waals surface area contributed by atoms with E-state index in [1.54, 1.807) is 11.8 Å². The zero-order chi connectivity index (χ0) is 15.8. The minimum absolute atomic E-state index is 0.0627. The van der Waals surface area contributed by atoms with Crippen LogP contribution in [0.4, 0.5) is 4.79 Å². The highest BCUT2D eigenvalue weighted by atomic mass is 16.6. The molecular weight excluding hydrogens is 274 g/mol. The van der Waals surface area contributed by atoms with E-state index in [1.807, 2.05) is 20.8 Å². The van der Waals surface area contributed by atoms with Crippen LogP contribution in [0.2, 0.25) is 0 Å². The van der Waals surface area contributed by atoms with Gasteiger partial charge in [0.15, 0.2) is 0 Å². The highest BCUT2D eigenvalue weighted by molar-refractivity contribution is 5.98. The summed E-state index contributed by atoms with van der Waals surface area (Å²) in [6, 6.07) is 0. The van der Waals surface area contributed by atoms with Gasteiger partial charge < -0.3 is 14.4 Å². The van der Waals surface area contributed by atoms with Crippen molar-refractivity contribution < 1.29 is 23.9 Å². The van der Waals surface area contributed by atoms with Crippen LogP contribution in [0.15, 0.2) is 0 Å². The number of hydrogen-bond acceptors (Lipinski definition) is 5. The van der Waals surface area contributed by atoms with Crippen molar-refractivity contribution in [2.75, 3.05) is 19.7 Å². The molecule has 2 aliphatic rings. The molecule has 0 N–H and O–H groups in total. The lowest BCUT2D eigenvalue weighted by Crippen LogP contribution is -2.37. The number of Topliss-reactive ketones (excluding diaryl/α,β-unsaturated/α-hetero) is 1. The standard InChI is InChI=1S/C15H23NO5/c1-5-20-12(18)6-11(17)13-9-7-16(8-10(9)13)14(19)21-15(2,3)4/h9-10,13H,5-8H2,1-4H3/t9-,10+,13+. The van der Waals surface area contributed by atoms with Crippen molar-refractivity contribution in [2.45, 2.75) is 39.7 Å². The maximum Gasteiger partial charge on any atom is 0.410 e. The zero-order valence-corrected chi connectivity index (χ0v) is 13.0. The van der Waals surface area contributed by atoms with Crippen molar-refractivity contribution in [3.63, 3.8) is 0 Å². The third-order valence-corrected chi connectivity index (χ3v) is 3.84. The van der Waals surface area contributed by atoms with Crippen LogP contribution in [0.25, 0.3) is 0 Å². The molecule has 1 aliphatic carbocycles. The molecule has 0 unspecified atom stereocenters. The van der Waals surface area contributed by atoms with Crippen LogP contribution in [-0.2, 0) is 19.1 Å². The Morgan fingerprint density at radius 3 is 2.19 bits per heavy atom. The molecule has 2 fully saturated rings. The number of rotatable bonds is 4. The van der Waals surface area contributed by atoms with Crippen molar-refractivity contribution in [1.82, 2.24) is 4.90 Å². The molecule has 0 radical (unpaired) electrons. The molecule has 0 aromatic heterocycles. The minimum Gasteiger partial charge on any atom is -0.466 e. The fourth-order valence-electron chi connectivity index (χ4n) is 2.95. The zero-order valence-electron chi connectivity index (χ0n) is 13.0. The molecule has 1 saturated carbocycles. The molecule has 6 nitrogen and oxygen atoms in total. The molecule has 0 aromatic rings. The quantitative estimate of drug-likeness (QED) is 0.582. The highest BCUT2D eigenvalue weighted by Crippen LogP contribution is 2.52. The maximum atomic E-state index is 12.0. The molecule has 1 heterocycles. The number of piperidine rings is 1. The molecule has 1 aliphatic heterocycles. The van der Waals surface area contributed by atoms with E-state index in [1.165, 1.54) is 0 Å². The molecule has 1 saturated heterocycles. The number of hydrogen-bond donors (Lipinski definition) is 0. The molecule has 118 valence electrons. The lowest BCUT2D eigenvalue weighted by molar-refractivity contribution is -0.146. The average molecular weight is 297 g/mol. The molecule has 0 spiro atoms. The first-order chi connectivity index (χ1) is 9.73. The van der Waals surface area contributed by atoms with Crippen molar-refractivity contribution in [2.24, 2.45) is 17.8 Å². The van der Waals surface area contributed by atoms with Gasteiger partial charge in [0.25, 0.3) is 0 Å². The Kier molecular flexibility index (Phi) is 4.25. The summed E-state index contributed by atoms with van der Waals surface area (Å²) in [7, 11) is 0. The second kappa shape index (κ2) is 5.66. The third-order valence-electron chi connectivity index (χ3n) is 3.84.